The van der Waals surface area contributed by atoms with E-state index in [-0.39, 0.29) is 12.1 Å². The lowest BCUT2D eigenvalue weighted by Crippen LogP contribution is -2.49. The Morgan fingerprint density at radius 1 is 1.43 bits per heavy atom. The molecule has 1 aromatic carbocycles. The highest BCUT2D eigenvalue weighted by Crippen LogP contribution is 2.40. The van der Waals surface area contributed by atoms with Crippen LogP contribution < -0.4 is 5.32 Å². The van der Waals surface area contributed by atoms with Crippen LogP contribution in [0.5, 0.6) is 0 Å². The molecule has 0 aliphatic heterocycles. The van der Waals surface area contributed by atoms with Gasteiger partial charge in [0.25, 0.3) is 0 Å². The molecule has 3 rings (SSSR count). The number of aliphatic hydroxyl groups is 1. The highest BCUT2D eigenvalue weighted by atomic mass is 16.3. The van der Waals surface area contributed by atoms with Gasteiger partial charge in [0.05, 0.1) is 17.6 Å². The Bertz CT molecular complexity index is 634. The van der Waals surface area contributed by atoms with Crippen LogP contribution in [-0.2, 0) is 0 Å². The van der Waals surface area contributed by atoms with Crippen LogP contribution >= 0.6 is 0 Å². The molecule has 1 saturated carbocycles. The Balaban J connectivity index is 1.93. The lowest BCUT2D eigenvalue weighted by molar-refractivity contribution is 0.152. The molecular weight excluding hydrogens is 262 g/mol. The van der Waals surface area contributed by atoms with Gasteiger partial charge in [0, 0.05) is 17.6 Å². The van der Waals surface area contributed by atoms with Crippen LogP contribution in [0.4, 0.5) is 0 Å². The maximum atomic E-state index is 9.88. The van der Waals surface area contributed by atoms with Crippen molar-refractivity contribution in [3.8, 4) is 0 Å². The van der Waals surface area contributed by atoms with Gasteiger partial charge in [0.15, 0.2) is 0 Å². The van der Waals surface area contributed by atoms with E-state index in [1.165, 1.54) is 5.52 Å². The monoisotopic (exact) mass is 287 g/mol. The zero-order chi connectivity index (χ0) is 15.0. The van der Waals surface area contributed by atoms with E-state index in [9.17, 15) is 5.11 Å². The second-order valence-corrected chi connectivity index (χ2v) is 6.65. The Kier molecular flexibility index (Phi) is 3.76. The predicted molar refractivity (Wildman–Crippen MR) is 85.4 cm³/mol. The first-order valence-electron chi connectivity index (χ1n) is 7.87. The van der Waals surface area contributed by atoms with Crippen molar-refractivity contribution in [2.45, 2.75) is 57.7 Å². The number of nitrogens with zero attached hydrogens (tertiary/aromatic N) is 2. The van der Waals surface area contributed by atoms with Gasteiger partial charge in [-0.25, -0.2) is 4.98 Å². The Labute approximate surface area is 126 Å². The number of aliphatic hydroxyl groups excluding tert-OH is 1. The lowest BCUT2D eigenvalue weighted by atomic mass is 9.97. The molecule has 2 aromatic rings. The number of rotatable bonds is 4. The number of nitrogens with one attached hydrogen (secondary N) is 1. The van der Waals surface area contributed by atoms with Crippen LogP contribution in [-0.4, -0.2) is 32.8 Å². The largest absolute Gasteiger partial charge is 0.394 e. The summed E-state index contributed by atoms with van der Waals surface area (Å²) in [7, 11) is 0. The standard InChI is InChI=1S/C17H25N3O/c1-12(2)19-17(11-21)9-8-14(10-17)20-13(3)18-15-6-4-5-7-16(15)20/h4-7,12,14,19,21H,8-11H2,1-3H3. The van der Waals surface area contributed by atoms with Gasteiger partial charge in [-0.05, 0) is 38.3 Å². The van der Waals surface area contributed by atoms with E-state index in [0.717, 1.165) is 30.6 Å². The molecule has 1 aliphatic carbocycles. The number of aromatic nitrogens is 2. The smallest absolute Gasteiger partial charge is 0.106 e. The molecule has 4 nitrogen and oxygen atoms in total. The van der Waals surface area contributed by atoms with Crippen LogP contribution in [0, 0.1) is 6.92 Å². The number of aryl methyl sites for hydroxylation is 1. The highest BCUT2D eigenvalue weighted by Gasteiger charge is 2.40. The summed E-state index contributed by atoms with van der Waals surface area (Å²) < 4.78 is 2.36. The molecule has 4 heteroatoms. The van der Waals surface area contributed by atoms with E-state index in [1.54, 1.807) is 0 Å². The quantitative estimate of drug-likeness (QED) is 0.909. The fraction of sp³-hybridized carbons (Fsp3) is 0.588. The molecule has 21 heavy (non-hydrogen) atoms. The summed E-state index contributed by atoms with van der Waals surface area (Å²) in [4.78, 5) is 4.67. The number of fused-ring (bicyclic) bond motifs is 1. The molecule has 0 saturated heterocycles. The minimum atomic E-state index is -0.142. The molecule has 1 heterocycles. The SMILES string of the molecule is Cc1nc2ccccc2n1C1CCC(CO)(NC(C)C)C1. The van der Waals surface area contributed by atoms with Crippen molar-refractivity contribution in [1.82, 2.24) is 14.9 Å². The zero-order valence-electron chi connectivity index (χ0n) is 13.1. The number of imidazole rings is 1. The molecule has 1 aliphatic rings. The first-order valence-corrected chi connectivity index (χ1v) is 7.87. The van der Waals surface area contributed by atoms with Crippen LogP contribution in [0.2, 0.25) is 0 Å². The Morgan fingerprint density at radius 2 is 2.19 bits per heavy atom. The third-order valence-electron chi connectivity index (χ3n) is 4.62. The molecule has 0 radical (unpaired) electrons. The summed E-state index contributed by atoms with van der Waals surface area (Å²) in [5.74, 6) is 1.07. The first kappa shape index (κ1) is 14.5. The average Bonchev–Trinajstić information content (AvgIpc) is 2.98. The van der Waals surface area contributed by atoms with Gasteiger partial charge in [-0.2, -0.15) is 0 Å². The Hall–Kier alpha value is -1.39. The normalized spacial score (nSPS) is 26.0. The third-order valence-corrected chi connectivity index (χ3v) is 4.62. The van der Waals surface area contributed by atoms with Gasteiger partial charge in [0.1, 0.15) is 5.82 Å². The van der Waals surface area contributed by atoms with Crippen LogP contribution in [0.1, 0.15) is 45.0 Å². The number of para-hydroxylation sites is 2. The van der Waals surface area contributed by atoms with Crippen molar-refractivity contribution < 1.29 is 5.11 Å². The van der Waals surface area contributed by atoms with Gasteiger partial charge in [-0.1, -0.05) is 26.0 Å². The summed E-state index contributed by atoms with van der Waals surface area (Å²) in [6.07, 6.45) is 3.06. The van der Waals surface area contributed by atoms with Gasteiger partial charge < -0.3 is 15.0 Å². The number of hydrogen-bond donors (Lipinski definition) is 2. The maximum absolute atomic E-state index is 9.88. The van der Waals surface area contributed by atoms with Gasteiger partial charge in [0.2, 0.25) is 0 Å². The first-order chi connectivity index (χ1) is 10.0. The fourth-order valence-electron chi connectivity index (χ4n) is 3.88. The van der Waals surface area contributed by atoms with E-state index in [2.05, 4.69) is 53.8 Å². The van der Waals surface area contributed by atoms with Gasteiger partial charge >= 0.3 is 0 Å². The van der Waals surface area contributed by atoms with E-state index in [0.29, 0.717) is 12.1 Å². The highest BCUT2D eigenvalue weighted by molar-refractivity contribution is 5.76. The minimum absolute atomic E-state index is 0.142. The molecule has 0 spiro atoms. The topological polar surface area (TPSA) is 50.1 Å². The summed E-state index contributed by atoms with van der Waals surface area (Å²) in [5.41, 5.74) is 2.13. The van der Waals surface area contributed by atoms with Crippen molar-refractivity contribution in [2.75, 3.05) is 6.61 Å². The predicted octanol–water partition coefficient (Wildman–Crippen LogP) is 2.80. The van der Waals surface area contributed by atoms with Crippen LogP contribution in [0.25, 0.3) is 11.0 Å². The molecular formula is C17H25N3O. The molecule has 1 aromatic heterocycles. The minimum Gasteiger partial charge on any atom is -0.394 e. The summed E-state index contributed by atoms with van der Waals surface area (Å²) in [5, 5.41) is 13.5. The molecule has 2 unspecified atom stereocenters. The maximum Gasteiger partial charge on any atom is 0.106 e. The van der Waals surface area contributed by atoms with Gasteiger partial charge in [-0.3, -0.25) is 0 Å². The molecule has 1 fully saturated rings. The molecule has 0 amide bonds. The number of benzene rings is 1. The summed E-state index contributed by atoms with van der Waals surface area (Å²) in [6.45, 7) is 6.56. The van der Waals surface area contributed by atoms with Crippen molar-refractivity contribution in [2.24, 2.45) is 0 Å². The molecule has 2 N–H and O–H groups in total. The van der Waals surface area contributed by atoms with E-state index in [4.69, 9.17) is 0 Å². The second-order valence-electron chi connectivity index (χ2n) is 6.65. The van der Waals surface area contributed by atoms with Crippen molar-refractivity contribution in [3.05, 3.63) is 30.1 Å². The van der Waals surface area contributed by atoms with E-state index < -0.39 is 0 Å². The third kappa shape index (κ3) is 2.58. The van der Waals surface area contributed by atoms with Gasteiger partial charge in [-0.15, -0.1) is 0 Å². The van der Waals surface area contributed by atoms with Crippen molar-refractivity contribution in [1.29, 1.82) is 0 Å². The lowest BCUT2D eigenvalue weighted by Gasteiger charge is -2.31. The van der Waals surface area contributed by atoms with Crippen molar-refractivity contribution in [3.63, 3.8) is 0 Å². The van der Waals surface area contributed by atoms with E-state index in [1.807, 2.05) is 6.07 Å². The van der Waals surface area contributed by atoms with Crippen LogP contribution in [0.3, 0.4) is 0 Å². The second kappa shape index (κ2) is 5.43. The van der Waals surface area contributed by atoms with E-state index >= 15 is 0 Å². The summed E-state index contributed by atoms with van der Waals surface area (Å²) in [6, 6.07) is 9.11. The molecule has 0 bridgehead atoms. The average molecular weight is 287 g/mol. The zero-order valence-corrected chi connectivity index (χ0v) is 13.1. The fourth-order valence-corrected chi connectivity index (χ4v) is 3.88. The van der Waals surface area contributed by atoms with Crippen molar-refractivity contribution >= 4 is 11.0 Å². The Morgan fingerprint density at radius 3 is 2.90 bits per heavy atom. The molecule has 2 atom stereocenters. The van der Waals surface area contributed by atoms with Crippen LogP contribution in [0.15, 0.2) is 24.3 Å². The number of hydrogen-bond acceptors (Lipinski definition) is 3. The summed E-state index contributed by atoms with van der Waals surface area (Å²) >= 11 is 0. The molecule has 114 valence electrons.